The molecule has 2 aromatic heterocycles. The zero-order chi connectivity index (χ0) is 12.7. The molecule has 0 aliphatic carbocycles. The number of nitrogens with two attached hydrogens (primary N) is 1. The van der Waals surface area contributed by atoms with Gasteiger partial charge in [0.1, 0.15) is 5.82 Å². The molecule has 3 aromatic rings. The molecule has 18 heavy (non-hydrogen) atoms. The van der Waals surface area contributed by atoms with Gasteiger partial charge in [-0.15, -0.1) is 0 Å². The van der Waals surface area contributed by atoms with E-state index in [0.29, 0.717) is 23.4 Å². The molecule has 0 saturated heterocycles. The van der Waals surface area contributed by atoms with Crippen LogP contribution in [0, 0.1) is 0 Å². The van der Waals surface area contributed by atoms with Gasteiger partial charge in [-0.2, -0.15) is 5.10 Å². The molecule has 0 atom stereocenters. The van der Waals surface area contributed by atoms with Crippen molar-refractivity contribution in [2.45, 2.75) is 19.9 Å². The van der Waals surface area contributed by atoms with E-state index in [-0.39, 0.29) is 5.56 Å². The zero-order valence-corrected chi connectivity index (χ0v) is 10.1. The number of hydrogen-bond acceptors (Lipinski definition) is 3. The highest BCUT2D eigenvalue weighted by Crippen LogP contribution is 2.25. The van der Waals surface area contributed by atoms with Crippen LogP contribution in [0.5, 0.6) is 0 Å². The summed E-state index contributed by atoms with van der Waals surface area (Å²) in [5.74, 6) is 0.506. The number of benzene rings is 1. The van der Waals surface area contributed by atoms with Crippen molar-refractivity contribution in [1.29, 1.82) is 0 Å². The molecule has 0 aliphatic heterocycles. The number of hydrogen-bond donors (Lipinski definition) is 2. The number of nitrogens with zero attached hydrogens (tertiary/aromatic N) is 2. The molecule has 0 radical (unpaired) electrons. The van der Waals surface area contributed by atoms with E-state index in [4.69, 9.17) is 5.73 Å². The molecule has 3 rings (SSSR count). The molecule has 5 nitrogen and oxygen atoms in total. The topological polar surface area (TPSA) is 76.7 Å². The Bertz CT molecular complexity index is 785. The highest BCUT2D eigenvalue weighted by molar-refractivity contribution is 6.09. The molecule has 5 heteroatoms. The molecular weight excluding hydrogens is 228 g/mol. The largest absolute Gasteiger partial charge is 0.383 e. The predicted molar refractivity (Wildman–Crippen MR) is 72.6 cm³/mol. The van der Waals surface area contributed by atoms with Crippen molar-refractivity contribution in [2.75, 3.05) is 5.73 Å². The van der Waals surface area contributed by atoms with Crippen molar-refractivity contribution in [1.82, 2.24) is 14.8 Å². The second kappa shape index (κ2) is 3.87. The van der Waals surface area contributed by atoms with Crippen LogP contribution in [0.1, 0.15) is 13.3 Å². The summed E-state index contributed by atoms with van der Waals surface area (Å²) in [5.41, 5.74) is 6.55. The van der Waals surface area contributed by atoms with E-state index in [9.17, 15) is 4.79 Å². The molecule has 2 heterocycles. The van der Waals surface area contributed by atoms with Crippen LogP contribution < -0.4 is 11.3 Å². The number of H-pyrrole nitrogens is 1. The third kappa shape index (κ3) is 1.33. The van der Waals surface area contributed by atoms with Gasteiger partial charge < -0.3 is 5.73 Å². The van der Waals surface area contributed by atoms with Crippen LogP contribution in [0.25, 0.3) is 21.8 Å². The van der Waals surface area contributed by atoms with E-state index < -0.39 is 0 Å². The summed E-state index contributed by atoms with van der Waals surface area (Å²) in [5, 5.41) is 9.30. The van der Waals surface area contributed by atoms with Gasteiger partial charge in [0.15, 0.2) is 5.65 Å². The number of pyridine rings is 1. The summed E-state index contributed by atoms with van der Waals surface area (Å²) in [7, 11) is 0. The lowest BCUT2D eigenvalue weighted by Gasteiger charge is -2.07. The van der Waals surface area contributed by atoms with Gasteiger partial charge in [0.2, 0.25) is 0 Å². The molecule has 0 unspecified atom stereocenters. The van der Waals surface area contributed by atoms with Crippen LogP contribution in [-0.2, 0) is 6.54 Å². The van der Waals surface area contributed by atoms with Crippen LogP contribution in [0.4, 0.5) is 5.82 Å². The maximum atomic E-state index is 12.4. The first-order chi connectivity index (χ1) is 8.74. The summed E-state index contributed by atoms with van der Waals surface area (Å²) >= 11 is 0. The fourth-order valence-electron chi connectivity index (χ4n) is 2.37. The van der Waals surface area contributed by atoms with Gasteiger partial charge in [-0.3, -0.25) is 14.5 Å². The Morgan fingerprint density at radius 2 is 2.06 bits per heavy atom. The highest BCUT2D eigenvalue weighted by Gasteiger charge is 2.14. The molecule has 92 valence electrons. The zero-order valence-electron chi connectivity index (χ0n) is 10.1. The van der Waals surface area contributed by atoms with Crippen molar-refractivity contribution < 1.29 is 0 Å². The Labute approximate surface area is 103 Å². The summed E-state index contributed by atoms with van der Waals surface area (Å²) in [4.78, 5) is 12.4. The highest BCUT2D eigenvalue weighted by atomic mass is 16.1. The van der Waals surface area contributed by atoms with Gasteiger partial charge in [0.05, 0.1) is 5.39 Å². The number of anilines is 1. The fourth-order valence-corrected chi connectivity index (χ4v) is 2.37. The van der Waals surface area contributed by atoms with Gasteiger partial charge in [0, 0.05) is 17.3 Å². The van der Waals surface area contributed by atoms with E-state index >= 15 is 0 Å². The number of nitrogens with one attached hydrogen (secondary N) is 1. The summed E-state index contributed by atoms with van der Waals surface area (Å²) in [6, 6.07) is 7.50. The average molecular weight is 242 g/mol. The molecule has 0 fully saturated rings. The normalized spacial score (nSPS) is 11.4. The molecule has 0 amide bonds. The van der Waals surface area contributed by atoms with Gasteiger partial charge in [-0.25, -0.2) is 0 Å². The Morgan fingerprint density at radius 3 is 2.78 bits per heavy atom. The van der Waals surface area contributed by atoms with Crippen molar-refractivity contribution in [3.63, 3.8) is 0 Å². The first-order valence-electron chi connectivity index (χ1n) is 5.99. The molecule has 3 N–H and O–H groups in total. The molecule has 0 bridgehead atoms. The monoisotopic (exact) mass is 242 g/mol. The van der Waals surface area contributed by atoms with E-state index in [1.165, 1.54) is 0 Å². The van der Waals surface area contributed by atoms with Crippen LogP contribution in [0.2, 0.25) is 0 Å². The second-order valence-electron chi connectivity index (χ2n) is 4.34. The van der Waals surface area contributed by atoms with E-state index in [1.807, 2.05) is 31.2 Å². The fraction of sp³-hybridized carbons (Fsp3) is 0.231. The third-order valence-corrected chi connectivity index (χ3v) is 3.15. The van der Waals surface area contributed by atoms with Crippen LogP contribution in [0.15, 0.2) is 29.1 Å². The van der Waals surface area contributed by atoms with E-state index in [1.54, 1.807) is 4.57 Å². The first-order valence-corrected chi connectivity index (χ1v) is 5.99. The van der Waals surface area contributed by atoms with Gasteiger partial charge in [0.25, 0.3) is 5.56 Å². The summed E-state index contributed by atoms with van der Waals surface area (Å²) in [6.45, 7) is 2.67. The number of fused-ring (bicyclic) bond motifs is 3. The molecular formula is C13H14N4O. The van der Waals surface area contributed by atoms with Crippen molar-refractivity contribution in [3.05, 3.63) is 34.6 Å². The Hall–Kier alpha value is -2.30. The van der Waals surface area contributed by atoms with E-state index in [0.717, 1.165) is 17.2 Å². The Balaban J connectivity index is 2.60. The van der Waals surface area contributed by atoms with Crippen LogP contribution in [-0.4, -0.2) is 14.8 Å². The predicted octanol–water partition coefficient (Wildman–Crippen LogP) is 1.87. The van der Waals surface area contributed by atoms with Gasteiger partial charge in [-0.05, 0) is 12.5 Å². The van der Waals surface area contributed by atoms with Crippen molar-refractivity contribution >= 4 is 27.6 Å². The lowest BCUT2D eigenvalue weighted by molar-refractivity contribution is 0.675. The minimum atomic E-state index is -0.00792. The standard InChI is InChI=1S/C13H14N4O/c1-2-7-17-12-10(11(14)15-16-12)8-5-3-4-6-9(8)13(17)18/h3-6H,2,7H2,1H3,(H3,14,15,16). The van der Waals surface area contributed by atoms with E-state index in [2.05, 4.69) is 10.2 Å². The average Bonchev–Trinajstić information content (AvgIpc) is 2.77. The molecule has 1 aromatic carbocycles. The maximum Gasteiger partial charge on any atom is 0.260 e. The summed E-state index contributed by atoms with van der Waals surface area (Å²) in [6.07, 6.45) is 0.875. The minimum absolute atomic E-state index is 0.00792. The van der Waals surface area contributed by atoms with Crippen LogP contribution in [0.3, 0.4) is 0 Å². The number of aryl methyl sites for hydroxylation is 1. The number of nitrogen functional groups attached to an aromatic ring is 1. The number of rotatable bonds is 2. The summed E-state index contributed by atoms with van der Waals surface area (Å²) < 4.78 is 1.69. The Morgan fingerprint density at radius 1 is 1.33 bits per heavy atom. The third-order valence-electron chi connectivity index (χ3n) is 3.15. The van der Waals surface area contributed by atoms with Gasteiger partial charge >= 0.3 is 0 Å². The van der Waals surface area contributed by atoms with Gasteiger partial charge in [-0.1, -0.05) is 25.1 Å². The smallest absolute Gasteiger partial charge is 0.260 e. The quantitative estimate of drug-likeness (QED) is 0.720. The van der Waals surface area contributed by atoms with Crippen molar-refractivity contribution in [2.24, 2.45) is 0 Å². The lowest BCUT2D eigenvalue weighted by Crippen LogP contribution is -2.20. The van der Waals surface area contributed by atoms with Crippen molar-refractivity contribution in [3.8, 4) is 0 Å². The first kappa shape index (κ1) is 10.8. The molecule has 0 spiro atoms. The molecule has 0 saturated carbocycles. The SMILES string of the molecule is CCCn1c(=O)c2ccccc2c2c(N)[nH]nc21. The van der Waals surface area contributed by atoms with Crippen LogP contribution >= 0.6 is 0 Å². The lowest BCUT2D eigenvalue weighted by atomic mass is 10.1. The minimum Gasteiger partial charge on any atom is -0.383 e. The number of aromatic amines is 1. The number of aromatic nitrogens is 3. The maximum absolute atomic E-state index is 12.4. The Kier molecular flexibility index (Phi) is 2.33. The second-order valence-corrected chi connectivity index (χ2v) is 4.34. The molecule has 0 aliphatic rings.